The molecule has 0 radical (unpaired) electrons. The van der Waals surface area contributed by atoms with Crippen molar-refractivity contribution in [2.24, 2.45) is 34.5 Å². The third-order valence-corrected chi connectivity index (χ3v) is 9.32. The summed E-state index contributed by atoms with van der Waals surface area (Å²) in [6, 6.07) is 0. The van der Waals surface area contributed by atoms with E-state index in [-0.39, 0.29) is 22.9 Å². The van der Waals surface area contributed by atoms with Gasteiger partial charge < -0.3 is 6.15 Å². The Morgan fingerprint density at radius 3 is 2.50 bits per heavy atom. The molecular formula is C21H35NO5S. The smallest absolute Gasteiger partial charge is 0.344 e. The Kier molecular flexibility index (Phi) is 5.63. The second-order valence-electron chi connectivity index (χ2n) is 9.93. The van der Waals surface area contributed by atoms with E-state index < -0.39 is 16.5 Å². The standard InChI is InChI=1S/C21H32O5S.H3N/c1-13(22)17-6-7-18-16-5-4-14-12-15(26-27(23,24)25)8-10-20(14,2)19(16)9-11-21(17,18)3;/h4,15-19H,5-12H2,1-3H3,(H,23,24,25);1H3/t15-,16-,17+,18-,19-,20-,21+;/m1./s1. The van der Waals surface area contributed by atoms with Crippen molar-refractivity contribution < 1.29 is 21.9 Å². The fourth-order valence-corrected chi connectivity index (χ4v) is 8.06. The lowest BCUT2D eigenvalue weighted by Crippen LogP contribution is -2.51. The van der Waals surface area contributed by atoms with Crippen LogP contribution in [0.5, 0.6) is 0 Å². The molecular weight excluding hydrogens is 378 g/mol. The lowest BCUT2D eigenvalue weighted by molar-refractivity contribution is -0.127. The minimum atomic E-state index is -4.40. The van der Waals surface area contributed by atoms with Gasteiger partial charge in [0.25, 0.3) is 0 Å². The Morgan fingerprint density at radius 1 is 1.14 bits per heavy atom. The van der Waals surface area contributed by atoms with Crippen molar-refractivity contribution in [1.82, 2.24) is 6.15 Å². The molecule has 3 fully saturated rings. The minimum Gasteiger partial charge on any atom is -0.344 e. The molecule has 3 saturated carbocycles. The van der Waals surface area contributed by atoms with Gasteiger partial charge in [0, 0.05) is 5.92 Å². The maximum absolute atomic E-state index is 12.2. The quantitative estimate of drug-likeness (QED) is 0.520. The van der Waals surface area contributed by atoms with Crippen molar-refractivity contribution in [3.8, 4) is 0 Å². The first-order chi connectivity index (χ1) is 12.5. The van der Waals surface area contributed by atoms with Crippen LogP contribution in [0.3, 0.4) is 0 Å². The van der Waals surface area contributed by atoms with Gasteiger partial charge in [-0.1, -0.05) is 25.5 Å². The molecule has 7 atom stereocenters. The molecule has 0 aromatic carbocycles. The minimum absolute atomic E-state index is 0. The molecule has 0 aromatic rings. The topological polar surface area (TPSA) is 116 Å². The van der Waals surface area contributed by atoms with Crippen LogP contribution in [0.1, 0.15) is 72.1 Å². The summed E-state index contributed by atoms with van der Waals surface area (Å²) in [6.07, 6.45) is 9.54. The normalized spacial score (nSPS) is 45.1. The number of hydrogen-bond acceptors (Lipinski definition) is 5. The van der Waals surface area contributed by atoms with E-state index in [9.17, 15) is 13.2 Å². The lowest BCUT2D eigenvalue weighted by Gasteiger charge is -2.58. The zero-order chi connectivity index (χ0) is 19.6. The summed E-state index contributed by atoms with van der Waals surface area (Å²) in [4.78, 5) is 12.2. The Hall–Kier alpha value is -0.760. The number of Topliss-reactive ketones (excluding diaryl/α,β-unsaturated/α-hetero) is 1. The predicted octanol–water partition coefficient (Wildman–Crippen LogP) is 4.50. The molecule has 0 aromatic heterocycles. The molecule has 6 nitrogen and oxygen atoms in total. The largest absolute Gasteiger partial charge is 0.397 e. The first kappa shape index (κ1) is 21.9. The molecule has 7 heteroatoms. The third-order valence-electron chi connectivity index (χ3n) is 8.81. The summed E-state index contributed by atoms with van der Waals surface area (Å²) in [5.74, 6) is 2.43. The van der Waals surface area contributed by atoms with Crippen molar-refractivity contribution in [3.63, 3.8) is 0 Å². The van der Waals surface area contributed by atoms with E-state index in [1.54, 1.807) is 6.92 Å². The maximum Gasteiger partial charge on any atom is 0.397 e. The third kappa shape index (κ3) is 3.38. The van der Waals surface area contributed by atoms with E-state index in [0.29, 0.717) is 36.4 Å². The lowest BCUT2D eigenvalue weighted by atomic mass is 9.47. The molecule has 0 bridgehead atoms. The van der Waals surface area contributed by atoms with Crippen LogP contribution in [-0.2, 0) is 19.4 Å². The molecule has 4 aliphatic carbocycles. The average Bonchev–Trinajstić information content (AvgIpc) is 2.91. The number of carbonyl (C=O) groups is 1. The Morgan fingerprint density at radius 2 is 1.86 bits per heavy atom. The van der Waals surface area contributed by atoms with E-state index in [4.69, 9.17) is 8.74 Å². The molecule has 0 unspecified atom stereocenters. The molecule has 0 amide bonds. The van der Waals surface area contributed by atoms with Gasteiger partial charge in [-0.2, -0.15) is 8.42 Å². The number of rotatable bonds is 3. The Balaban J connectivity index is 0.00000225. The summed E-state index contributed by atoms with van der Waals surface area (Å²) >= 11 is 0. The van der Waals surface area contributed by atoms with Crippen molar-refractivity contribution in [3.05, 3.63) is 11.6 Å². The van der Waals surface area contributed by atoms with Gasteiger partial charge in [0.1, 0.15) is 5.78 Å². The monoisotopic (exact) mass is 413 g/mol. The molecule has 4 N–H and O–H groups in total. The zero-order valence-electron chi connectivity index (χ0n) is 17.3. The zero-order valence-corrected chi connectivity index (χ0v) is 18.1. The molecule has 160 valence electrons. The van der Waals surface area contributed by atoms with Gasteiger partial charge in [0.05, 0.1) is 6.10 Å². The first-order valence-electron chi connectivity index (χ1n) is 10.4. The molecule has 4 rings (SSSR count). The first-order valence-corrected chi connectivity index (χ1v) is 11.8. The van der Waals surface area contributed by atoms with Gasteiger partial charge in [-0.3, -0.25) is 9.35 Å². The van der Waals surface area contributed by atoms with Crippen molar-refractivity contribution in [2.45, 2.75) is 78.2 Å². The average molecular weight is 414 g/mol. The Labute approximate surface area is 169 Å². The second kappa shape index (κ2) is 7.18. The van der Waals surface area contributed by atoms with E-state index >= 15 is 0 Å². The van der Waals surface area contributed by atoms with Crippen molar-refractivity contribution in [2.75, 3.05) is 0 Å². The molecule has 0 spiro atoms. The van der Waals surface area contributed by atoms with Gasteiger partial charge in [-0.15, -0.1) is 0 Å². The highest BCUT2D eigenvalue weighted by Gasteiger charge is 2.59. The van der Waals surface area contributed by atoms with Crippen molar-refractivity contribution in [1.29, 1.82) is 0 Å². The fourth-order valence-electron chi connectivity index (χ4n) is 7.55. The highest BCUT2D eigenvalue weighted by Crippen LogP contribution is 2.66. The molecule has 0 saturated heterocycles. The highest BCUT2D eigenvalue weighted by atomic mass is 32.3. The van der Waals surface area contributed by atoms with Crippen LogP contribution in [0.25, 0.3) is 0 Å². The molecule has 4 aliphatic rings. The van der Waals surface area contributed by atoms with Gasteiger partial charge in [0.2, 0.25) is 0 Å². The summed E-state index contributed by atoms with van der Waals surface area (Å²) in [6.45, 7) is 6.46. The summed E-state index contributed by atoms with van der Waals surface area (Å²) in [5.41, 5.74) is 1.56. The van der Waals surface area contributed by atoms with Crippen LogP contribution < -0.4 is 6.15 Å². The summed E-state index contributed by atoms with van der Waals surface area (Å²) in [7, 11) is -4.40. The van der Waals surface area contributed by atoms with Crippen LogP contribution in [0.4, 0.5) is 0 Å². The summed E-state index contributed by atoms with van der Waals surface area (Å²) in [5, 5.41) is 0. The van der Waals surface area contributed by atoms with Crippen LogP contribution in [0, 0.1) is 34.5 Å². The molecule has 0 aliphatic heterocycles. The van der Waals surface area contributed by atoms with Crippen LogP contribution in [0.2, 0.25) is 0 Å². The molecule has 0 heterocycles. The SMILES string of the molecule is CC(=O)[C@@H]1CC[C@@H]2[C@H]3CC=C4C[C@H](OS(=O)(=O)O)CC[C@@]4(C)[C@@H]3CC[C@]21C.N. The van der Waals surface area contributed by atoms with Crippen molar-refractivity contribution >= 4 is 16.2 Å². The molecule has 28 heavy (non-hydrogen) atoms. The number of allylic oxidation sites excluding steroid dienone is 1. The summed E-state index contributed by atoms with van der Waals surface area (Å²) < 4.78 is 36.1. The predicted molar refractivity (Wildman–Crippen MR) is 107 cm³/mol. The number of hydrogen-bond donors (Lipinski definition) is 2. The fraction of sp³-hybridized carbons (Fsp3) is 0.857. The van der Waals surface area contributed by atoms with Gasteiger partial charge in [0.15, 0.2) is 0 Å². The van der Waals surface area contributed by atoms with Gasteiger partial charge >= 0.3 is 10.4 Å². The van der Waals surface area contributed by atoms with E-state index in [1.165, 1.54) is 5.57 Å². The highest BCUT2D eigenvalue weighted by molar-refractivity contribution is 7.80. The Bertz CT molecular complexity index is 778. The number of fused-ring (bicyclic) bond motifs is 5. The number of carbonyl (C=O) groups excluding carboxylic acids is 1. The van der Waals surface area contributed by atoms with Gasteiger partial charge in [-0.05, 0) is 86.9 Å². The van der Waals surface area contributed by atoms with Crippen LogP contribution >= 0.6 is 0 Å². The van der Waals surface area contributed by atoms with Crippen LogP contribution in [0.15, 0.2) is 11.6 Å². The van der Waals surface area contributed by atoms with E-state index in [0.717, 1.165) is 38.5 Å². The van der Waals surface area contributed by atoms with Gasteiger partial charge in [-0.25, -0.2) is 4.18 Å². The van der Waals surface area contributed by atoms with E-state index in [1.807, 2.05) is 0 Å². The number of ketones is 1. The maximum atomic E-state index is 12.2. The van der Waals surface area contributed by atoms with Crippen LogP contribution in [-0.4, -0.2) is 24.9 Å². The van der Waals surface area contributed by atoms with E-state index in [2.05, 4.69) is 19.9 Å². The second-order valence-corrected chi connectivity index (χ2v) is 11.0.